The summed E-state index contributed by atoms with van der Waals surface area (Å²) in [5.74, 6) is -0.955. The maximum absolute atomic E-state index is 11.8. The number of nitrogens with zero attached hydrogens (tertiary/aromatic N) is 1. The molecule has 0 atom stereocenters. The van der Waals surface area contributed by atoms with E-state index in [4.69, 9.17) is 10.5 Å². The highest BCUT2D eigenvalue weighted by Gasteiger charge is 2.14. The first-order valence-electron chi connectivity index (χ1n) is 7.55. The van der Waals surface area contributed by atoms with E-state index in [0.29, 0.717) is 17.7 Å². The monoisotopic (exact) mass is 336 g/mol. The quantitative estimate of drug-likeness (QED) is 0.592. The lowest BCUT2D eigenvalue weighted by molar-refractivity contribution is 0.0953. The highest BCUT2D eigenvalue weighted by molar-refractivity contribution is 5.98. The van der Waals surface area contributed by atoms with Crippen LogP contribution in [-0.4, -0.2) is 57.0 Å². The molecule has 8 heteroatoms. The van der Waals surface area contributed by atoms with Crippen LogP contribution in [0.5, 0.6) is 0 Å². The molecule has 132 valence electrons. The fourth-order valence-electron chi connectivity index (χ4n) is 2.00. The van der Waals surface area contributed by atoms with Crippen LogP contribution in [0.4, 0.5) is 4.79 Å². The molecule has 0 aliphatic carbocycles. The van der Waals surface area contributed by atoms with Gasteiger partial charge in [0.25, 0.3) is 5.91 Å². The number of primary amides is 1. The summed E-state index contributed by atoms with van der Waals surface area (Å²) in [6.07, 6.45) is 0.212. The lowest BCUT2D eigenvalue weighted by atomic mass is 10.0. The van der Waals surface area contributed by atoms with Gasteiger partial charge < -0.3 is 26.0 Å². The average Bonchev–Trinajstić information content (AvgIpc) is 2.55. The van der Waals surface area contributed by atoms with Crippen molar-refractivity contribution >= 4 is 17.9 Å². The number of carbonyl (C=O) groups excluding carboxylic acids is 3. The molecule has 0 aliphatic heterocycles. The van der Waals surface area contributed by atoms with Gasteiger partial charge >= 0.3 is 6.09 Å². The molecule has 0 fully saturated rings. The summed E-state index contributed by atoms with van der Waals surface area (Å²) in [6.45, 7) is 1.20. The van der Waals surface area contributed by atoms with Gasteiger partial charge in [-0.05, 0) is 45.3 Å². The summed E-state index contributed by atoms with van der Waals surface area (Å²) < 4.78 is 5.11. The second-order valence-corrected chi connectivity index (χ2v) is 5.48. The van der Waals surface area contributed by atoms with Crippen molar-refractivity contribution < 1.29 is 19.1 Å². The second-order valence-electron chi connectivity index (χ2n) is 5.48. The number of hydrogen-bond donors (Lipinski definition) is 3. The number of rotatable bonds is 8. The van der Waals surface area contributed by atoms with Crippen LogP contribution in [0.2, 0.25) is 0 Å². The predicted octanol–water partition coefficient (Wildman–Crippen LogP) is 0.323. The SMILES string of the molecule is CNC(=O)c1ccc(C(N)=O)cc1COC(=O)NCCCN(C)C. The molecule has 0 bridgehead atoms. The number of hydrogen-bond acceptors (Lipinski definition) is 5. The van der Waals surface area contributed by atoms with Crippen LogP contribution >= 0.6 is 0 Å². The first-order chi connectivity index (χ1) is 11.3. The van der Waals surface area contributed by atoms with E-state index < -0.39 is 12.0 Å². The molecular formula is C16H24N4O4. The molecule has 0 heterocycles. The van der Waals surface area contributed by atoms with E-state index in [0.717, 1.165) is 13.0 Å². The van der Waals surface area contributed by atoms with Gasteiger partial charge in [0.15, 0.2) is 0 Å². The Balaban J connectivity index is 2.67. The van der Waals surface area contributed by atoms with Gasteiger partial charge in [0.1, 0.15) is 6.61 Å². The molecule has 0 saturated carbocycles. The van der Waals surface area contributed by atoms with Gasteiger partial charge in [0.2, 0.25) is 5.91 Å². The topological polar surface area (TPSA) is 114 Å². The van der Waals surface area contributed by atoms with Crippen molar-refractivity contribution in [2.45, 2.75) is 13.0 Å². The van der Waals surface area contributed by atoms with Gasteiger partial charge in [0, 0.05) is 30.3 Å². The van der Waals surface area contributed by atoms with Crippen LogP contribution < -0.4 is 16.4 Å². The summed E-state index contributed by atoms with van der Waals surface area (Å²) in [5, 5.41) is 5.12. The Labute approximate surface area is 141 Å². The summed E-state index contributed by atoms with van der Waals surface area (Å²) >= 11 is 0. The zero-order valence-corrected chi connectivity index (χ0v) is 14.2. The lowest BCUT2D eigenvalue weighted by Crippen LogP contribution is -2.28. The molecule has 0 spiro atoms. The van der Waals surface area contributed by atoms with E-state index in [1.54, 1.807) is 0 Å². The maximum atomic E-state index is 11.8. The molecular weight excluding hydrogens is 312 g/mol. The van der Waals surface area contributed by atoms with Crippen LogP contribution in [0.15, 0.2) is 18.2 Å². The van der Waals surface area contributed by atoms with Gasteiger partial charge in [0.05, 0.1) is 0 Å². The fraction of sp³-hybridized carbons (Fsp3) is 0.438. The van der Waals surface area contributed by atoms with Crippen molar-refractivity contribution in [3.63, 3.8) is 0 Å². The highest BCUT2D eigenvalue weighted by Crippen LogP contribution is 2.14. The van der Waals surface area contributed by atoms with Gasteiger partial charge in [-0.3, -0.25) is 9.59 Å². The first-order valence-corrected chi connectivity index (χ1v) is 7.55. The molecule has 0 unspecified atom stereocenters. The van der Waals surface area contributed by atoms with Crippen molar-refractivity contribution in [3.8, 4) is 0 Å². The Morgan fingerprint density at radius 2 is 1.96 bits per heavy atom. The van der Waals surface area contributed by atoms with Crippen LogP contribution in [0.3, 0.4) is 0 Å². The zero-order valence-electron chi connectivity index (χ0n) is 14.2. The van der Waals surface area contributed by atoms with E-state index in [9.17, 15) is 14.4 Å². The summed E-state index contributed by atoms with van der Waals surface area (Å²) in [7, 11) is 5.39. The highest BCUT2D eigenvalue weighted by atomic mass is 16.5. The van der Waals surface area contributed by atoms with Crippen molar-refractivity contribution in [1.29, 1.82) is 0 Å². The third-order valence-corrected chi connectivity index (χ3v) is 3.27. The lowest BCUT2D eigenvalue weighted by Gasteiger charge is -2.12. The first kappa shape index (κ1) is 19.4. The van der Waals surface area contributed by atoms with Crippen molar-refractivity contribution in [1.82, 2.24) is 15.5 Å². The van der Waals surface area contributed by atoms with Gasteiger partial charge in [-0.15, -0.1) is 0 Å². The number of nitrogens with two attached hydrogens (primary N) is 1. The molecule has 1 aromatic carbocycles. The number of nitrogens with one attached hydrogen (secondary N) is 2. The van der Waals surface area contributed by atoms with Crippen molar-refractivity contribution in [3.05, 3.63) is 34.9 Å². The summed E-state index contributed by atoms with van der Waals surface area (Å²) in [6, 6.07) is 4.39. The molecule has 24 heavy (non-hydrogen) atoms. The van der Waals surface area contributed by atoms with Crippen molar-refractivity contribution in [2.75, 3.05) is 34.2 Å². The molecule has 8 nitrogen and oxygen atoms in total. The Bertz CT molecular complexity index is 602. The number of alkyl carbamates (subject to hydrolysis) is 1. The molecule has 0 radical (unpaired) electrons. The van der Waals surface area contributed by atoms with E-state index in [2.05, 4.69) is 10.6 Å². The molecule has 4 N–H and O–H groups in total. The average molecular weight is 336 g/mol. The Hall–Kier alpha value is -2.61. The van der Waals surface area contributed by atoms with Crippen molar-refractivity contribution in [2.24, 2.45) is 5.73 Å². The third kappa shape index (κ3) is 6.25. The second kappa shape index (κ2) is 9.51. The number of ether oxygens (including phenoxy) is 1. The minimum Gasteiger partial charge on any atom is -0.445 e. The maximum Gasteiger partial charge on any atom is 0.407 e. The van der Waals surface area contributed by atoms with E-state index in [-0.39, 0.29) is 18.1 Å². The standard InChI is InChI=1S/C16H24N4O4/c1-18-15(22)13-6-5-11(14(17)21)9-12(13)10-24-16(23)19-7-4-8-20(2)3/h5-6,9H,4,7-8,10H2,1-3H3,(H2,17,21)(H,18,22)(H,19,23). The van der Waals surface area contributed by atoms with Crippen LogP contribution in [0, 0.1) is 0 Å². The molecule has 0 saturated heterocycles. The van der Waals surface area contributed by atoms with E-state index in [1.807, 2.05) is 19.0 Å². The van der Waals surface area contributed by atoms with Gasteiger partial charge in [-0.25, -0.2) is 4.79 Å². The van der Waals surface area contributed by atoms with Crippen LogP contribution in [0.25, 0.3) is 0 Å². The molecule has 0 aromatic heterocycles. The molecule has 1 aromatic rings. The minimum atomic E-state index is -0.618. The van der Waals surface area contributed by atoms with Gasteiger partial charge in [-0.2, -0.15) is 0 Å². The largest absolute Gasteiger partial charge is 0.445 e. The zero-order chi connectivity index (χ0) is 18.1. The predicted molar refractivity (Wildman–Crippen MR) is 89.7 cm³/mol. The molecule has 3 amide bonds. The molecule has 0 aliphatic rings. The Morgan fingerprint density at radius 3 is 2.54 bits per heavy atom. The van der Waals surface area contributed by atoms with Gasteiger partial charge in [-0.1, -0.05) is 0 Å². The van der Waals surface area contributed by atoms with E-state index in [1.165, 1.54) is 25.2 Å². The number of amides is 3. The fourth-order valence-corrected chi connectivity index (χ4v) is 2.00. The summed E-state index contributed by atoms with van der Waals surface area (Å²) in [4.78, 5) is 36.8. The number of benzene rings is 1. The van der Waals surface area contributed by atoms with Crippen LogP contribution in [0.1, 0.15) is 32.7 Å². The number of carbonyl (C=O) groups is 3. The third-order valence-electron chi connectivity index (χ3n) is 3.27. The summed E-state index contributed by atoms with van der Waals surface area (Å²) in [5.41, 5.74) is 6.22. The van der Waals surface area contributed by atoms with E-state index >= 15 is 0 Å². The Kier molecular flexibility index (Phi) is 7.70. The minimum absolute atomic E-state index is 0.136. The normalized spacial score (nSPS) is 10.3. The molecule has 1 rings (SSSR count). The Morgan fingerprint density at radius 1 is 1.25 bits per heavy atom. The smallest absolute Gasteiger partial charge is 0.407 e. The van der Waals surface area contributed by atoms with Crippen LogP contribution in [-0.2, 0) is 11.3 Å².